The van der Waals surface area contributed by atoms with Gasteiger partial charge >= 0.3 is 0 Å². The first-order chi connectivity index (χ1) is 5.79. The first-order valence-corrected chi connectivity index (χ1v) is 3.84. The summed E-state index contributed by atoms with van der Waals surface area (Å²) in [5.41, 5.74) is 1.08. The summed E-state index contributed by atoms with van der Waals surface area (Å²) in [4.78, 5) is 0. The Bertz CT molecular complexity index is 279. The fraction of sp³-hybridized carbons (Fsp3) is 0.0909. The minimum absolute atomic E-state index is 0.179. The lowest BCUT2D eigenvalue weighted by Crippen LogP contribution is -1.66. The number of hydrogen-bond donors (Lipinski definition) is 0. The van der Waals surface area contributed by atoms with Gasteiger partial charge in [-0.1, -0.05) is 42.5 Å². The molecule has 1 aromatic carbocycles. The molecular formula is C11H11F. The van der Waals surface area contributed by atoms with Crippen LogP contribution in [0.5, 0.6) is 0 Å². The molecule has 0 heterocycles. The van der Waals surface area contributed by atoms with Crippen LogP contribution in [0.4, 0.5) is 4.39 Å². The molecule has 1 rings (SSSR count). The van der Waals surface area contributed by atoms with E-state index in [1.807, 2.05) is 36.4 Å². The lowest BCUT2D eigenvalue weighted by Gasteiger charge is -1.88. The van der Waals surface area contributed by atoms with Crippen LogP contribution in [0.15, 0.2) is 48.3 Å². The maximum absolute atomic E-state index is 12.2. The van der Waals surface area contributed by atoms with E-state index < -0.39 is 0 Å². The quantitative estimate of drug-likeness (QED) is 0.583. The van der Waals surface area contributed by atoms with Crippen molar-refractivity contribution >= 4 is 6.08 Å². The average Bonchev–Trinajstić information content (AvgIpc) is 2.05. The molecule has 0 atom stereocenters. The van der Waals surface area contributed by atoms with Crippen LogP contribution >= 0.6 is 0 Å². The number of halogens is 1. The molecule has 12 heavy (non-hydrogen) atoms. The third-order valence-electron chi connectivity index (χ3n) is 1.41. The highest BCUT2D eigenvalue weighted by Gasteiger charge is 1.80. The Balaban J connectivity index is 2.64. The summed E-state index contributed by atoms with van der Waals surface area (Å²) >= 11 is 0. The van der Waals surface area contributed by atoms with Gasteiger partial charge in [0.05, 0.1) is 5.83 Å². The lowest BCUT2D eigenvalue weighted by molar-refractivity contribution is 0.641. The van der Waals surface area contributed by atoms with E-state index in [-0.39, 0.29) is 5.83 Å². The van der Waals surface area contributed by atoms with Gasteiger partial charge < -0.3 is 0 Å². The van der Waals surface area contributed by atoms with Gasteiger partial charge in [0.2, 0.25) is 0 Å². The van der Waals surface area contributed by atoms with Crippen molar-refractivity contribution in [2.45, 2.75) is 6.92 Å². The first-order valence-electron chi connectivity index (χ1n) is 3.84. The van der Waals surface area contributed by atoms with Crippen molar-refractivity contribution < 1.29 is 4.39 Å². The van der Waals surface area contributed by atoms with E-state index >= 15 is 0 Å². The van der Waals surface area contributed by atoms with Crippen LogP contribution in [0.1, 0.15) is 12.5 Å². The van der Waals surface area contributed by atoms with Crippen LogP contribution in [0.2, 0.25) is 0 Å². The molecule has 62 valence electrons. The summed E-state index contributed by atoms with van der Waals surface area (Å²) in [7, 11) is 0. The van der Waals surface area contributed by atoms with Crippen molar-refractivity contribution in [1.82, 2.24) is 0 Å². The highest BCUT2D eigenvalue weighted by Crippen LogP contribution is 2.02. The molecule has 0 unspecified atom stereocenters. The first kappa shape index (κ1) is 8.72. The predicted octanol–water partition coefficient (Wildman–Crippen LogP) is 3.57. The third kappa shape index (κ3) is 3.15. The van der Waals surface area contributed by atoms with E-state index in [1.54, 1.807) is 6.08 Å². The molecule has 0 bridgehead atoms. The monoisotopic (exact) mass is 162 g/mol. The Labute approximate surface area is 72.0 Å². The van der Waals surface area contributed by atoms with Crippen molar-refractivity contribution in [3.63, 3.8) is 0 Å². The van der Waals surface area contributed by atoms with Crippen LogP contribution in [-0.2, 0) is 0 Å². The van der Waals surface area contributed by atoms with Gasteiger partial charge in [-0.2, -0.15) is 0 Å². The zero-order valence-electron chi connectivity index (χ0n) is 7.00. The molecule has 0 aromatic heterocycles. The summed E-state index contributed by atoms with van der Waals surface area (Å²) < 4.78 is 12.2. The second kappa shape index (κ2) is 4.50. The fourth-order valence-corrected chi connectivity index (χ4v) is 0.856. The van der Waals surface area contributed by atoms with Crippen molar-refractivity contribution in [3.8, 4) is 0 Å². The van der Waals surface area contributed by atoms with Crippen molar-refractivity contribution in [1.29, 1.82) is 0 Å². The maximum Gasteiger partial charge on any atom is 0.0968 e. The summed E-state index contributed by atoms with van der Waals surface area (Å²) in [6.45, 7) is 1.43. The smallest absolute Gasteiger partial charge is 0.0968 e. The van der Waals surface area contributed by atoms with Gasteiger partial charge in [0, 0.05) is 0 Å². The second-order valence-electron chi connectivity index (χ2n) is 2.52. The topological polar surface area (TPSA) is 0 Å². The molecule has 0 aliphatic rings. The molecule has 0 radical (unpaired) electrons. The summed E-state index contributed by atoms with van der Waals surface area (Å²) in [5, 5.41) is 0. The molecule has 0 amide bonds. The number of benzene rings is 1. The number of allylic oxidation sites excluding steroid dienone is 3. The van der Waals surface area contributed by atoms with E-state index in [1.165, 1.54) is 13.0 Å². The van der Waals surface area contributed by atoms with E-state index in [2.05, 4.69) is 0 Å². The van der Waals surface area contributed by atoms with Crippen LogP contribution < -0.4 is 0 Å². The van der Waals surface area contributed by atoms with E-state index in [4.69, 9.17) is 0 Å². The van der Waals surface area contributed by atoms with Crippen LogP contribution in [0.25, 0.3) is 6.08 Å². The summed E-state index contributed by atoms with van der Waals surface area (Å²) in [5.74, 6) is -0.179. The van der Waals surface area contributed by atoms with Gasteiger partial charge in [0.1, 0.15) is 0 Å². The zero-order valence-corrected chi connectivity index (χ0v) is 7.00. The SMILES string of the molecule is C/C(F)=C\C=C\c1ccccc1. The molecule has 1 heteroatoms. The highest BCUT2D eigenvalue weighted by atomic mass is 19.1. The lowest BCUT2D eigenvalue weighted by atomic mass is 10.2. The van der Waals surface area contributed by atoms with Gasteiger partial charge in [-0.15, -0.1) is 0 Å². The minimum atomic E-state index is -0.179. The summed E-state index contributed by atoms with van der Waals surface area (Å²) in [6, 6.07) is 9.79. The van der Waals surface area contributed by atoms with Gasteiger partial charge in [0.25, 0.3) is 0 Å². The molecular weight excluding hydrogens is 151 g/mol. The average molecular weight is 162 g/mol. The van der Waals surface area contributed by atoms with Gasteiger partial charge in [-0.05, 0) is 18.6 Å². The van der Waals surface area contributed by atoms with E-state index in [0.29, 0.717) is 0 Å². The van der Waals surface area contributed by atoms with Crippen LogP contribution in [-0.4, -0.2) is 0 Å². The molecule has 1 aromatic rings. The van der Waals surface area contributed by atoms with Gasteiger partial charge in [-0.25, -0.2) is 4.39 Å². The molecule has 0 aliphatic carbocycles. The van der Waals surface area contributed by atoms with Crippen molar-refractivity contribution in [2.24, 2.45) is 0 Å². The Hall–Kier alpha value is -1.37. The molecule has 0 spiro atoms. The fourth-order valence-electron chi connectivity index (χ4n) is 0.856. The second-order valence-corrected chi connectivity index (χ2v) is 2.52. The summed E-state index contributed by atoms with van der Waals surface area (Å²) in [6.07, 6.45) is 5.00. The van der Waals surface area contributed by atoms with Crippen LogP contribution in [0, 0.1) is 0 Å². The minimum Gasteiger partial charge on any atom is -0.212 e. The Morgan fingerprint density at radius 3 is 2.50 bits per heavy atom. The normalized spacial score (nSPS) is 12.3. The molecule has 0 N–H and O–H groups in total. The molecule has 0 fully saturated rings. The zero-order chi connectivity index (χ0) is 8.81. The Morgan fingerprint density at radius 1 is 1.25 bits per heavy atom. The highest BCUT2D eigenvalue weighted by molar-refractivity contribution is 5.50. The molecule has 0 nitrogen and oxygen atoms in total. The maximum atomic E-state index is 12.2. The predicted molar refractivity (Wildman–Crippen MR) is 50.3 cm³/mol. The van der Waals surface area contributed by atoms with Crippen LogP contribution in [0.3, 0.4) is 0 Å². The Kier molecular flexibility index (Phi) is 3.27. The van der Waals surface area contributed by atoms with Crippen molar-refractivity contribution in [3.05, 3.63) is 53.9 Å². The number of rotatable bonds is 2. The van der Waals surface area contributed by atoms with Gasteiger partial charge in [0.15, 0.2) is 0 Å². The van der Waals surface area contributed by atoms with Gasteiger partial charge in [-0.3, -0.25) is 0 Å². The Morgan fingerprint density at radius 2 is 1.92 bits per heavy atom. The number of hydrogen-bond acceptors (Lipinski definition) is 0. The van der Waals surface area contributed by atoms with Crippen molar-refractivity contribution in [2.75, 3.05) is 0 Å². The third-order valence-corrected chi connectivity index (χ3v) is 1.41. The largest absolute Gasteiger partial charge is 0.212 e. The van der Waals surface area contributed by atoms with E-state index in [0.717, 1.165) is 5.56 Å². The standard InChI is InChI=1S/C11H11F/c1-10(12)6-5-9-11-7-3-2-4-8-11/h2-9H,1H3/b9-5+,10-6+. The molecule has 0 saturated carbocycles. The van der Waals surface area contributed by atoms with E-state index in [9.17, 15) is 4.39 Å². The molecule has 0 saturated heterocycles. The molecule has 0 aliphatic heterocycles.